The van der Waals surface area contributed by atoms with E-state index in [-0.39, 0.29) is 5.91 Å². The van der Waals surface area contributed by atoms with Gasteiger partial charge in [-0.3, -0.25) is 9.69 Å². The van der Waals surface area contributed by atoms with E-state index in [9.17, 15) is 4.79 Å². The zero-order valence-corrected chi connectivity index (χ0v) is 12.4. The third-order valence-corrected chi connectivity index (χ3v) is 3.67. The Labute approximate surface area is 116 Å². The van der Waals surface area contributed by atoms with Gasteiger partial charge in [0, 0.05) is 20.1 Å². The van der Waals surface area contributed by atoms with Crippen molar-refractivity contribution < 1.29 is 4.79 Å². The van der Waals surface area contributed by atoms with Gasteiger partial charge in [0.1, 0.15) is 0 Å². The number of carbonyl (C=O) groups is 1. The Morgan fingerprint density at radius 1 is 1.32 bits per heavy atom. The molecule has 1 aliphatic rings. The monoisotopic (exact) mass is 266 g/mol. The Morgan fingerprint density at radius 3 is 2.47 bits per heavy atom. The van der Waals surface area contributed by atoms with Gasteiger partial charge >= 0.3 is 0 Å². The van der Waals surface area contributed by atoms with Crippen molar-refractivity contribution in [3.63, 3.8) is 0 Å². The standard InChI is InChI=1S/C14H26N4O/c1-16(2)11-13-5-9-18(10-6-13)12-14(19)17(3)8-4-7-15/h13H,4-6,8-12H2,1-3H3. The second-order valence-corrected chi connectivity index (χ2v) is 5.71. The Bertz CT molecular complexity index is 316. The fraction of sp³-hybridized carbons (Fsp3) is 0.857. The molecule has 1 amide bonds. The fourth-order valence-corrected chi connectivity index (χ4v) is 2.50. The van der Waals surface area contributed by atoms with Gasteiger partial charge in [-0.05, 0) is 45.9 Å². The molecule has 0 spiro atoms. The molecule has 1 saturated heterocycles. The van der Waals surface area contributed by atoms with E-state index in [2.05, 4.69) is 30.0 Å². The average molecular weight is 266 g/mol. The van der Waals surface area contributed by atoms with Crippen molar-refractivity contribution in [2.24, 2.45) is 5.92 Å². The Morgan fingerprint density at radius 2 is 1.95 bits per heavy atom. The van der Waals surface area contributed by atoms with Gasteiger partial charge in [-0.2, -0.15) is 5.26 Å². The van der Waals surface area contributed by atoms with Crippen molar-refractivity contribution in [1.82, 2.24) is 14.7 Å². The van der Waals surface area contributed by atoms with Gasteiger partial charge in [-0.15, -0.1) is 0 Å². The highest BCUT2D eigenvalue weighted by atomic mass is 16.2. The van der Waals surface area contributed by atoms with Crippen LogP contribution in [0, 0.1) is 17.2 Å². The number of carbonyl (C=O) groups excluding carboxylic acids is 1. The van der Waals surface area contributed by atoms with Crippen LogP contribution in [-0.2, 0) is 4.79 Å². The zero-order chi connectivity index (χ0) is 14.3. The van der Waals surface area contributed by atoms with E-state index in [1.165, 1.54) is 12.8 Å². The second-order valence-electron chi connectivity index (χ2n) is 5.71. The molecule has 0 bridgehead atoms. The van der Waals surface area contributed by atoms with E-state index in [0.29, 0.717) is 19.5 Å². The molecule has 0 atom stereocenters. The van der Waals surface area contributed by atoms with Gasteiger partial charge in [0.05, 0.1) is 19.0 Å². The first-order valence-electron chi connectivity index (χ1n) is 7.01. The van der Waals surface area contributed by atoms with Gasteiger partial charge < -0.3 is 9.80 Å². The summed E-state index contributed by atoms with van der Waals surface area (Å²) in [7, 11) is 6.00. The molecular weight excluding hydrogens is 240 g/mol. The lowest BCUT2D eigenvalue weighted by atomic mass is 9.96. The van der Waals surface area contributed by atoms with Crippen LogP contribution in [0.1, 0.15) is 19.3 Å². The van der Waals surface area contributed by atoms with Crippen LogP contribution < -0.4 is 0 Å². The summed E-state index contributed by atoms with van der Waals surface area (Å²) in [6.07, 6.45) is 2.76. The van der Waals surface area contributed by atoms with Crippen molar-refractivity contribution in [3.8, 4) is 6.07 Å². The summed E-state index contributed by atoms with van der Waals surface area (Å²) >= 11 is 0. The van der Waals surface area contributed by atoms with Crippen LogP contribution in [0.3, 0.4) is 0 Å². The lowest BCUT2D eigenvalue weighted by Gasteiger charge is -2.33. The normalized spacial score (nSPS) is 17.4. The number of rotatable bonds is 6. The molecule has 1 rings (SSSR count). The number of piperidine rings is 1. The molecule has 0 aromatic heterocycles. The summed E-state index contributed by atoms with van der Waals surface area (Å²) in [5.41, 5.74) is 0. The van der Waals surface area contributed by atoms with Crippen LogP contribution in [0.15, 0.2) is 0 Å². The minimum atomic E-state index is 0.126. The Hall–Kier alpha value is -1.12. The number of hydrogen-bond acceptors (Lipinski definition) is 4. The molecule has 0 saturated carbocycles. The van der Waals surface area contributed by atoms with E-state index in [1.54, 1.807) is 11.9 Å². The minimum Gasteiger partial charge on any atom is -0.344 e. The van der Waals surface area contributed by atoms with Gasteiger partial charge in [-0.25, -0.2) is 0 Å². The zero-order valence-electron chi connectivity index (χ0n) is 12.4. The number of hydrogen-bond donors (Lipinski definition) is 0. The van der Waals surface area contributed by atoms with E-state index in [1.807, 2.05) is 0 Å². The molecule has 5 heteroatoms. The van der Waals surface area contributed by atoms with E-state index in [0.717, 1.165) is 25.6 Å². The largest absolute Gasteiger partial charge is 0.344 e. The molecule has 0 unspecified atom stereocenters. The molecule has 1 fully saturated rings. The molecule has 5 nitrogen and oxygen atoms in total. The van der Waals surface area contributed by atoms with Crippen molar-refractivity contribution in [1.29, 1.82) is 5.26 Å². The molecule has 19 heavy (non-hydrogen) atoms. The van der Waals surface area contributed by atoms with Gasteiger partial charge in [0.15, 0.2) is 0 Å². The van der Waals surface area contributed by atoms with Crippen molar-refractivity contribution in [2.45, 2.75) is 19.3 Å². The Balaban J connectivity index is 2.25. The predicted molar refractivity (Wildman–Crippen MR) is 75.6 cm³/mol. The summed E-state index contributed by atoms with van der Waals surface area (Å²) in [5, 5.41) is 8.52. The molecule has 108 valence electrons. The highest BCUT2D eigenvalue weighted by molar-refractivity contribution is 5.78. The van der Waals surface area contributed by atoms with Crippen LogP contribution >= 0.6 is 0 Å². The first-order chi connectivity index (χ1) is 9.02. The van der Waals surface area contributed by atoms with Crippen molar-refractivity contribution in [2.75, 3.05) is 53.9 Å². The van der Waals surface area contributed by atoms with Crippen LogP contribution in [0.25, 0.3) is 0 Å². The highest BCUT2D eigenvalue weighted by Crippen LogP contribution is 2.17. The summed E-state index contributed by atoms with van der Waals surface area (Å²) in [6.45, 7) is 4.19. The molecular formula is C14H26N4O. The minimum absolute atomic E-state index is 0.126. The SMILES string of the molecule is CN(C)CC1CCN(CC(=O)N(C)CCC#N)CC1. The average Bonchev–Trinajstić information content (AvgIpc) is 2.37. The first-order valence-corrected chi connectivity index (χ1v) is 7.01. The molecule has 0 aromatic carbocycles. The first kappa shape index (κ1) is 15.9. The predicted octanol–water partition coefficient (Wildman–Crippen LogP) is 0.632. The van der Waals surface area contributed by atoms with Crippen LogP contribution in [-0.4, -0.2) is 74.5 Å². The maximum absolute atomic E-state index is 11.9. The third kappa shape index (κ3) is 6.04. The summed E-state index contributed by atoms with van der Waals surface area (Å²) < 4.78 is 0. The number of amides is 1. The van der Waals surface area contributed by atoms with Gasteiger partial charge in [0.2, 0.25) is 5.91 Å². The summed E-state index contributed by atoms with van der Waals surface area (Å²) in [6, 6.07) is 2.07. The molecule has 0 radical (unpaired) electrons. The van der Waals surface area contributed by atoms with Crippen molar-refractivity contribution in [3.05, 3.63) is 0 Å². The van der Waals surface area contributed by atoms with E-state index < -0.39 is 0 Å². The lowest BCUT2D eigenvalue weighted by molar-refractivity contribution is -0.131. The number of nitriles is 1. The molecule has 1 heterocycles. The number of likely N-dealkylation sites (tertiary alicyclic amines) is 1. The molecule has 0 aliphatic carbocycles. The molecule has 1 aliphatic heterocycles. The molecule has 0 aromatic rings. The molecule has 0 N–H and O–H groups in total. The van der Waals surface area contributed by atoms with Crippen molar-refractivity contribution >= 4 is 5.91 Å². The second kappa shape index (κ2) is 8.13. The third-order valence-electron chi connectivity index (χ3n) is 3.67. The summed E-state index contributed by atoms with van der Waals surface area (Å²) in [4.78, 5) is 18.1. The maximum atomic E-state index is 11.9. The van der Waals surface area contributed by atoms with E-state index in [4.69, 9.17) is 5.26 Å². The number of likely N-dealkylation sites (N-methyl/N-ethyl adjacent to an activating group) is 1. The maximum Gasteiger partial charge on any atom is 0.236 e. The number of nitrogens with zero attached hydrogens (tertiary/aromatic N) is 4. The fourth-order valence-electron chi connectivity index (χ4n) is 2.50. The van der Waals surface area contributed by atoms with Gasteiger partial charge in [-0.1, -0.05) is 0 Å². The van der Waals surface area contributed by atoms with Crippen LogP contribution in [0.4, 0.5) is 0 Å². The lowest BCUT2D eigenvalue weighted by Crippen LogP contribution is -2.43. The van der Waals surface area contributed by atoms with Crippen LogP contribution in [0.2, 0.25) is 0 Å². The smallest absolute Gasteiger partial charge is 0.236 e. The van der Waals surface area contributed by atoms with Gasteiger partial charge in [0.25, 0.3) is 0 Å². The quantitative estimate of drug-likeness (QED) is 0.707. The topological polar surface area (TPSA) is 50.6 Å². The van der Waals surface area contributed by atoms with Crippen LogP contribution in [0.5, 0.6) is 0 Å². The summed E-state index contributed by atoms with van der Waals surface area (Å²) in [5.74, 6) is 0.888. The highest BCUT2D eigenvalue weighted by Gasteiger charge is 2.22. The Kier molecular flexibility index (Phi) is 6.82. The van der Waals surface area contributed by atoms with E-state index >= 15 is 0 Å².